The van der Waals surface area contributed by atoms with Crippen LogP contribution in [0.1, 0.15) is 39.5 Å². The molecule has 0 fully saturated rings. The molecule has 0 radical (unpaired) electrons. The number of phosphoric acid groups is 1. The first-order valence-electron chi connectivity index (χ1n) is 4.92. The summed E-state index contributed by atoms with van der Waals surface area (Å²) in [7, 11) is -4.22. The van der Waals surface area contributed by atoms with Crippen LogP contribution in [-0.4, -0.2) is 9.79 Å². The molecule has 0 heterocycles. The Morgan fingerprint density at radius 3 is 1.86 bits per heavy atom. The van der Waals surface area contributed by atoms with Gasteiger partial charge in [-0.3, -0.25) is 0 Å². The van der Waals surface area contributed by atoms with Crippen LogP contribution < -0.4 is 0 Å². The Balaban J connectivity index is 3.90. The average molecular weight is 395 g/mol. The van der Waals surface area contributed by atoms with Gasteiger partial charge in [-0.2, -0.15) is 0 Å². The van der Waals surface area contributed by atoms with Crippen molar-refractivity contribution in [3.8, 4) is 0 Å². The van der Waals surface area contributed by atoms with Crippen molar-refractivity contribution in [3.05, 3.63) is 0 Å². The van der Waals surface area contributed by atoms with E-state index in [1.54, 1.807) is 0 Å². The third-order valence-corrected chi connectivity index (χ3v) is 11.8. The van der Waals surface area contributed by atoms with Gasteiger partial charge in [0.25, 0.3) is 0 Å². The minimum absolute atomic E-state index is 0.932. The molecule has 0 aromatic rings. The van der Waals surface area contributed by atoms with E-state index >= 15 is 0 Å². The quantitative estimate of drug-likeness (QED) is 0.621. The molecular formula is C8H20O4PW. The van der Waals surface area contributed by atoms with E-state index in [2.05, 4.69) is 13.8 Å². The summed E-state index contributed by atoms with van der Waals surface area (Å²) in [6.07, 6.45) is 4.22. The van der Waals surface area contributed by atoms with Crippen LogP contribution in [0.3, 0.4) is 0 Å². The molecule has 14 heavy (non-hydrogen) atoms. The van der Waals surface area contributed by atoms with Gasteiger partial charge in [0.15, 0.2) is 0 Å². The number of hydrogen-bond donors (Lipinski definition) is 2. The summed E-state index contributed by atoms with van der Waals surface area (Å²) in [5.74, 6) is 0. The van der Waals surface area contributed by atoms with Crippen LogP contribution >= 0.6 is 7.82 Å². The van der Waals surface area contributed by atoms with E-state index in [1.807, 2.05) is 0 Å². The van der Waals surface area contributed by atoms with E-state index in [1.165, 1.54) is 0 Å². The number of hydrogen-bond acceptors (Lipinski definition) is 2. The Morgan fingerprint density at radius 2 is 1.57 bits per heavy atom. The van der Waals surface area contributed by atoms with Crippen LogP contribution in [0.5, 0.6) is 0 Å². The molecule has 2 N–H and O–H groups in total. The molecule has 0 atom stereocenters. The fourth-order valence-electron chi connectivity index (χ4n) is 0.925. The van der Waals surface area contributed by atoms with E-state index in [0.29, 0.717) is 0 Å². The topological polar surface area (TPSA) is 66.8 Å². The monoisotopic (exact) mass is 395 g/mol. The third kappa shape index (κ3) is 9.36. The molecule has 0 aromatic heterocycles. The maximum absolute atomic E-state index is 10.7. The molecule has 0 aliphatic carbocycles. The van der Waals surface area contributed by atoms with Crippen LogP contribution in [0.15, 0.2) is 0 Å². The fourth-order valence-corrected chi connectivity index (χ4v) is 11.0. The predicted molar refractivity (Wildman–Crippen MR) is 52.6 cm³/mol. The summed E-state index contributed by atoms with van der Waals surface area (Å²) in [4.78, 5) is 19.3. The SMILES string of the molecule is CCC[CH2][W]([CH2]CCC)[O]P(=O)(O)O. The first-order chi connectivity index (χ1) is 6.49. The van der Waals surface area contributed by atoms with Gasteiger partial charge in [0.1, 0.15) is 0 Å². The molecule has 0 aliphatic heterocycles. The average Bonchev–Trinajstić information content (AvgIpc) is 2.07. The Hall–Kier alpha value is 0.798. The van der Waals surface area contributed by atoms with Crippen molar-refractivity contribution in [1.82, 2.24) is 0 Å². The molecule has 0 amide bonds. The molecule has 0 spiro atoms. The van der Waals surface area contributed by atoms with Crippen LogP contribution in [-0.2, 0) is 25.4 Å². The second-order valence-electron chi connectivity index (χ2n) is 3.12. The van der Waals surface area contributed by atoms with E-state index in [-0.39, 0.29) is 0 Å². The van der Waals surface area contributed by atoms with Crippen LogP contribution in [0.2, 0.25) is 9.62 Å². The number of unbranched alkanes of at least 4 members (excludes halogenated alkanes) is 2. The molecule has 0 rings (SSSR count). The molecule has 6 heteroatoms. The first-order valence-corrected chi connectivity index (χ1v) is 11.8. The van der Waals surface area contributed by atoms with Gasteiger partial charge < -0.3 is 0 Å². The Kier molecular flexibility index (Phi) is 8.47. The second-order valence-corrected chi connectivity index (χ2v) is 12.0. The van der Waals surface area contributed by atoms with Crippen molar-refractivity contribution < 1.29 is 35.2 Å². The van der Waals surface area contributed by atoms with Crippen molar-refractivity contribution in [2.45, 2.75) is 49.2 Å². The van der Waals surface area contributed by atoms with Crippen molar-refractivity contribution in [3.63, 3.8) is 0 Å². The summed E-state index contributed by atoms with van der Waals surface area (Å²) < 4.78 is 15.6. The van der Waals surface area contributed by atoms with E-state index in [0.717, 1.165) is 35.3 Å². The van der Waals surface area contributed by atoms with Crippen molar-refractivity contribution in [2.24, 2.45) is 0 Å². The van der Waals surface area contributed by atoms with Crippen molar-refractivity contribution >= 4 is 7.82 Å². The molecule has 0 unspecified atom stereocenters. The van der Waals surface area contributed by atoms with Crippen molar-refractivity contribution in [2.75, 3.05) is 0 Å². The Labute approximate surface area is 92.3 Å². The zero-order valence-corrected chi connectivity index (χ0v) is 12.6. The first kappa shape index (κ1) is 14.8. The zero-order valence-electron chi connectivity index (χ0n) is 8.81. The molecule has 0 aliphatic rings. The van der Waals surface area contributed by atoms with Gasteiger partial charge in [0.2, 0.25) is 0 Å². The van der Waals surface area contributed by atoms with E-state index in [4.69, 9.17) is 13.0 Å². The van der Waals surface area contributed by atoms with Gasteiger partial charge in [0, 0.05) is 0 Å². The van der Waals surface area contributed by atoms with Crippen LogP contribution in [0.4, 0.5) is 0 Å². The molecule has 87 valence electrons. The normalized spacial score (nSPS) is 12.4. The summed E-state index contributed by atoms with van der Waals surface area (Å²) >= 11 is -2.21. The fraction of sp³-hybridized carbons (Fsp3) is 1.00. The molecular weight excluding hydrogens is 375 g/mol. The maximum atomic E-state index is 10.7. The Morgan fingerprint density at radius 1 is 1.14 bits per heavy atom. The van der Waals surface area contributed by atoms with Gasteiger partial charge in [-0.15, -0.1) is 0 Å². The Bertz CT molecular complexity index is 174. The molecule has 0 saturated carbocycles. The molecule has 0 saturated heterocycles. The van der Waals surface area contributed by atoms with Gasteiger partial charge in [-0.1, -0.05) is 0 Å². The van der Waals surface area contributed by atoms with Gasteiger partial charge >= 0.3 is 92.2 Å². The second kappa shape index (κ2) is 8.01. The zero-order chi connectivity index (χ0) is 11.0. The van der Waals surface area contributed by atoms with Crippen LogP contribution in [0.25, 0.3) is 0 Å². The molecule has 0 bridgehead atoms. The van der Waals surface area contributed by atoms with E-state index < -0.39 is 25.5 Å². The summed E-state index contributed by atoms with van der Waals surface area (Å²) in [6, 6.07) is 0. The van der Waals surface area contributed by atoms with Gasteiger partial charge in [-0.05, 0) is 0 Å². The number of rotatable bonds is 8. The van der Waals surface area contributed by atoms with Crippen LogP contribution in [0, 0.1) is 0 Å². The predicted octanol–water partition coefficient (Wildman–Crippen LogP) is 3.07. The molecule has 0 aromatic carbocycles. The summed E-state index contributed by atoms with van der Waals surface area (Å²) in [6.45, 7) is 4.16. The summed E-state index contributed by atoms with van der Waals surface area (Å²) in [5, 5.41) is 0. The minimum atomic E-state index is -4.22. The standard InChI is InChI=1S/2C4H9.H3O4P.W/c2*1-3-4-2;1-5(2,3)4;/h2*1,3-4H2,2H3;(H3,1,2,3,4);/q;;;+1/p-1. The van der Waals surface area contributed by atoms with Gasteiger partial charge in [0.05, 0.1) is 0 Å². The summed E-state index contributed by atoms with van der Waals surface area (Å²) in [5.41, 5.74) is 0. The van der Waals surface area contributed by atoms with Gasteiger partial charge in [-0.25, -0.2) is 0 Å². The van der Waals surface area contributed by atoms with Crippen molar-refractivity contribution in [1.29, 1.82) is 0 Å². The third-order valence-electron chi connectivity index (χ3n) is 1.65. The molecule has 4 nitrogen and oxygen atoms in total. The van der Waals surface area contributed by atoms with E-state index in [9.17, 15) is 4.57 Å².